The molecular weight excluding hydrogens is 528 g/mol. The first kappa shape index (κ1) is 26.0. The number of aryl methyl sites for hydroxylation is 1. The fourth-order valence-electron chi connectivity index (χ4n) is 6.45. The largest absolute Gasteiger partial charge is 0.271 e. The summed E-state index contributed by atoms with van der Waals surface area (Å²) >= 11 is 0. The zero-order chi connectivity index (χ0) is 28.8. The molecule has 4 aliphatic rings. The number of hydrogen-bond acceptors (Lipinski definition) is 7. The molecule has 0 spiro atoms. The van der Waals surface area contributed by atoms with Crippen molar-refractivity contribution < 1.29 is 14.4 Å². The Kier molecular flexibility index (Phi) is 6.49. The van der Waals surface area contributed by atoms with Gasteiger partial charge in [0.15, 0.2) is 12.1 Å². The molecule has 1 aliphatic carbocycles. The molecule has 4 atom stereocenters. The molecule has 9 nitrogen and oxygen atoms in total. The Morgan fingerprint density at radius 3 is 2.36 bits per heavy atom. The highest BCUT2D eigenvalue weighted by Gasteiger charge is 2.55. The van der Waals surface area contributed by atoms with E-state index >= 15 is 0 Å². The Bertz CT molecular complexity index is 1630. The first-order chi connectivity index (χ1) is 20.5. The number of hydrazone groups is 1. The highest BCUT2D eigenvalue weighted by Crippen LogP contribution is 2.44. The average Bonchev–Trinajstić information content (AvgIpc) is 3.68. The summed E-state index contributed by atoms with van der Waals surface area (Å²) in [6, 6.07) is 25.1. The van der Waals surface area contributed by atoms with E-state index in [1.807, 2.05) is 67.6 Å². The fraction of sp³-hybridized carbons (Fsp3) is 0.273. The Morgan fingerprint density at radius 1 is 0.905 bits per heavy atom. The van der Waals surface area contributed by atoms with Gasteiger partial charge in [0.1, 0.15) is 6.54 Å². The Labute approximate surface area is 243 Å². The lowest BCUT2D eigenvalue weighted by Gasteiger charge is -2.30. The van der Waals surface area contributed by atoms with Crippen molar-refractivity contribution in [1.82, 2.24) is 10.0 Å². The zero-order valence-corrected chi connectivity index (χ0v) is 23.2. The molecule has 9 heteroatoms. The lowest BCUT2D eigenvalue weighted by molar-refractivity contribution is -0.136. The number of carbonyl (C=O) groups excluding carboxylic acids is 3. The normalized spacial score (nSPS) is 25.7. The number of carbonyl (C=O) groups is 3. The molecule has 3 heterocycles. The van der Waals surface area contributed by atoms with Crippen LogP contribution in [0.4, 0.5) is 5.69 Å². The summed E-state index contributed by atoms with van der Waals surface area (Å²) in [5, 5.41) is 16.1. The quantitative estimate of drug-likeness (QED) is 0.407. The van der Waals surface area contributed by atoms with E-state index < -0.39 is 23.9 Å². The van der Waals surface area contributed by atoms with E-state index in [9.17, 15) is 14.4 Å². The van der Waals surface area contributed by atoms with E-state index in [1.54, 1.807) is 17.1 Å². The van der Waals surface area contributed by atoms with Gasteiger partial charge in [-0.05, 0) is 61.1 Å². The molecule has 7 rings (SSSR count). The molecule has 210 valence electrons. The minimum atomic E-state index is -0.968. The maximum Gasteiger partial charge on any atom is 0.264 e. The Morgan fingerprint density at radius 2 is 1.62 bits per heavy atom. The van der Waals surface area contributed by atoms with Gasteiger partial charge in [-0.15, -0.1) is 0 Å². The molecule has 1 saturated heterocycles. The van der Waals surface area contributed by atoms with Gasteiger partial charge in [-0.1, -0.05) is 83.6 Å². The number of allylic oxidation sites excluding steroid dienone is 1. The highest BCUT2D eigenvalue weighted by atomic mass is 16.2. The maximum atomic E-state index is 14.0. The van der Waals surface area contributed by atoms with Crippen LogP contribution in [-0.2, 0) is 14.4 Å². The third kappa shape index (κ3) is 4.41. The summed E-state index contributed by atoms with van der Waals surface area (Å²) in [6.45, 7) is 1.73. The standard InChI is InChI=1S/C33H30N6O3/c1-21-15-17-25(18-16-21)38-32(41)29-31(33(38)42)37(36-34-29)20-27(40)39-30(23-11-6-3-7-12-23)26-14-8-13-24(28(26)35-39)19-22-9-4-2-5-10-22/h2-7,9-12,15-19,26,29-31H,8,13-14,20H2,1H3/b24-19+. The van der Waals surface area contributed by atoms with Crippen molar-refractivity contribution in [1.29, 1.82) is 0 Å². The number of amides is 3. The van der Waals surface area contributed by atoms with Gasteiger partial charge in [-0.3, -0.25) is 19.4 Å². The van der Waals surface area contributed by atoms with Crippen LogP contribution in [-0.4, -0.2) is 52.1 Å². The van der Waals surface area contributed by atoms with E-state index in [0.29, 0.717) is 5.69 Å². The summed E-state index contributed by atoms with van der Waals surface area (Å²) in [5.41, 5.74) is 5.69. The van der Waals surface area contributed by atoms with E-state index in [0.717, 1.165) is 52.1 Å². The number of nitrogens with zero attached hydrogens (tertiary/aromatic N) is 6. The molecular formula is C33H30N6O3. The van der Waals surface area contributed by atoms with E-state index in [-0.39, 0.29) is 24.4 Å². The van der Waals surface area contributed by atoms with Crippen LogP contribution in [0.25, 0.3) is 6.08 Å². The summed E-state index contributed by atoms with van der Waals surface area (Å²) in [5.74, 6) is -1.10. The van der Waals surface area contributed by atoms with Gasteiger partial charge < -0.3 is 0 Å². The van der Waals surface area contributed by atoms with Crippen molar-refractivity contribution in [2.45, 2.75) is 44.3 Å². The van der Waals surface area contributed by atoms with Gasteiger partial charge in [0.2, 0.25) is 0 Å². The number of hydrogen-bond donors (Lipinski definition) is 0. The van der Waals surface area contributed by atoms with Crippen LogP contribution in [0.5, 0.6) is 0 Å². The van der Waals surface area contributed by atoms with Crippen molar-refractivity contribution in [3.63, 3.8) is 0 Å². The molecule has 0 aromatic heterocycles. The molecule has 0 N–H and O–H groups in total. The first-order valence-corrected chi connectivity index (χ1v) is 14.3. The number of rotatable bonds is 5. The molecule has 3 amide bonds. The Hall–Kier alpha value is -4.92. The molecule has 4 unspecified atom stereocenters. The highest BCUT2D eigenvalue weighted by molar-refractivity contribution is 6.25. The topological polar surface area (TPSA) is 98.0 Å². The van der Waals surface area contributed by atoms with Crippen LogP contribution < -0.4 is 4.90 Å². The van der Waals surface area contributed by atoms with Gasteiger partial charge in [0, 0.05) is 5.92 Å². The molecule has 0 radical (unpaired) electrons. The summed E-state index contributed by atoms with van der Waals surface area (Å²) in [4.78, 5) is 41.8. The summed E-state index contributed by atoms with van der Waals surface area (Å²) < 4.78 is 0. The van der Waals surface area contributed by atoms with Crippen molar-refractivity contribution in [3.8, 4) is 0 Å². The minimum Gasteiger partial charge on any atom is -0.271 e. The predicted molar refractivity (Wildman–Crippen MR) is 158 cm³/mol. The molecule has 1 saturated carbocycles. The second kappa shape index (κ2) is 10.5. The van der Waals surface area contributed by atoms with Crippen LogP contribution in [0.15, 0.2) is 106 Å². The van der Waals surface area contributed by atoms with Crippen LogP contribution >= 0.6 is 0 Å². The monoisotopic (exact) mass is 558 g/mol. The predicted octanol–water partition coefficient (Wildman–Crippen LogP) is 5.11. The second-order valence-electron chi connectivity index (χ2n) is 11.2. The van der Waals surface area contributed by atoms with E-state index in [2.05, 4.69) is 28.5 Å². The van der Waals surface area contributed by atoms with Crippen LogP contribution in [0.2, 0.25) is 0 Å². The van der Waals surface area contributed by atoms with Crippen LogP contribution in [0.1, 0.15) is 42.0 Å². The number of imide groups is 1. The molecule has 0 bridgehead atoms. The first-order valence-electron chi connectivity index (χ1n) is 14.3. The molecule has 3 aliphatic heterocycles. The summed E-state index contributed by atoms with van der Waals surface area (Å²) in [6.07, 6.45) is 4.98. The van der Waals surface area contributed by atoms with Crippen LogP contribution in [0, 0.1) is 12.8 Å². The molecule has 3 aromatic carbocycles. The number of anilines is 1. The Balaban J connectivity index is 1.18. The van der Waals surface area contributed by atoms with Gasteiger partial charge >= 0.3 is 0 Å². The van der Waals surface area contributed by atoms with E-state index in [1.165, 1.54) is 5.01 Å². The second-order valence-corrected chi connectivity index (χ2v) is 11.2. The van der Waals surface area contributed by atoms with Crippen LogP contribution in [0.3, 0.4) is 0 Å². The summed E-state index contributed by atoms with van der Waals surface area (Å²) in [7, 11) is 0. The minimum absolute atomic E-state index is 0.0553. The van der Waals surface area contributed by atoms with Crippen molar-refractivity contribution in [3.05, 3.63) is 107 Å². The fourth-order valence-corrected chi connectivity index (χ4v) is 6.45. The SMILES string of the molecule is Cc1ccc(N2C(=O)C3N=NN(CC(=O)N4N=C5/C(=C/c6ccccc6)CCCC5C4c4ccccc4)C3C2=O)cc1. The number of fused-ring (bicyclic) bond motifs is 2. The molecule has 3 aromatic rings. The third-order valence-corrected chi connectivity index (χ3v) is 8.49. The lowest BCUT2D eigenvalue weighted by Crippen LogP contribution is -2.45. The lowest BCUT2D eigenvalue weighted by atomic mass is 9.77. The van der Waals surface area contributed by atoms with Crippen molar-refractivity contribution in [2.75, 3.05) is 11.4 Å². The average molecular weight is 559 g/mol. The van der Waals surface area contributed by atoms with Crippen molar-refractivity contribution >= 4 is 35.2 Å². The van der Waals surface area contributed by atoms with Crippen molar-refractivity contribution in [2.24, 2.45) is 21.4 Å². The van der Waals surface area contributed by atoms with E-state index in [4.69, 9.17) is 5.10 Å². The smallest absolute Gasteiger partial charge is 0.264 e. The number of benzene rings is 3. The van der Waals surface area contributed by atoms with Gasteiger partial charge in [-0.25, -0.2) is 9.91 Å². The maximum absolute atomic E-state index is 14.0. The van der Waals surface area contributed by atoms with Gasteiger partial charge in [-0.2, -0.15) is 10.2 Å². The third-order valence-electron chi connectivity index (χ3n) is 8.49. The molecule has 2 fully saturated rings. The van der Waals surface area contributed by atoms with Gasteiger partial charge in [0.25, 0.3) is 17.7 Å². The zero-order valence-electron chi connectivity index (χ0n) is 23.2. The van der Waals surface area contributed by atoms with Gasteiger partial charge in [0.05, 0.1) is 17.4 Å². The molecule has 42 heavy (non-hydrogen) atoms.